The van der Waals surface area contributed by atoms with E-state index >= 15 is 0 Å². The van der Waals surface area contributed by atoms with Gasteiger partial charge in [-0.2, -0.15) is 0 Å². The van der Waals surface area contributed by atoms with E-state index < -0.39 is 17.7 Å². The predicted octanol–water partition coefficient (Wildman–Crippen LogP) is 5.05. The van der Waals surface area contributed by atoms with Crippen LogP contribution in [-0.4, -0.2) is 55.7 Å². The van der Waals surface area contributed by atoms with Crippen molar-refractivity contribution in [3.8, 4) is 17.2 Å². The molecule has 8 nitrogen and oxygen atoms in total. The third-order valence-corrected chi connectivity index (χ3v) is 6.50. The molecular weight excluding hydrogens is 498 g/mol. The average molecular weight is 532 g/mol. The van der Waals surface area contributed by atoms with Crippen molar-refractivity contribution in [1.29, 1.82) is 0 Å². The maximum atomic E-state index is 13.2. The fourth-order valence-corrected chi connectivity index (χ4v) is 4.61. The summed E-state index contributed by atoms with van der Waals surface area (Å²) in [5.74, 6) is -0.121. The van der Waals surface area contributed by atoms with E-state index in [1.54, 1.807) is 42.5 Å². The summed E-state index contributed by atoms with van der Waals surface area (Å²) >= 11 is 0. The van der Waals surface area contributed by atoms with Gasteiger partial charge in [-0.25, -0.2) is 0 Å². The second-order valence-electron chi connectivity index (χ2n) is 9.13. The number of Topliss-reactive ketones (excluding diaryl/α,β-unsaturated/α-hetero) is 1. The van der Waals surface area contributed by atoms with E-state index in [0.29, 0.717) is 41.6 Å². The first kappa shape index (κ1) is 27.7. The zero-order chi connectivity index (χ0) is 27.9. The maximum Gasteiger partial charge on any atom is 0.295 e. The molecule has 4 rings (SSSR count). The van der Waals surface area contributed by atoms with E-state index in [9.17, 15) is 14.7 Å². The summed E-state index contributed by atoms with van der Waals surface area (Å²) in [6.45, 7) is 5.14. The number of carbonyl (C=O) groups is 2. The number of hydrogen-bond acceptors (Lipinski definition) is 7. The van der Waals surface area contributed by atoms with Gasteiger partial charge in [-0.3, -0.25) is 9.59 Å². The Morgan fingerprint density at radius 3 is 2.38 bits per heavy atom. The van der Waals surface area contributed by atoms with Gasteiger partial charge >= 0.3 is 0 Å². The number of nitrogens with zero attached hydrogens (tertiary/aromatic N) is 1. The third-order valence-electron chi connectivity index (χ3n) is 6.50. The molecule has 1 fully saturated rings. The van der Waals surface area contributed by atoms with Gasteiger partial charge in [-0.15, -0.1) is 0 Å². The Morgan fingerprint density at radius 1 is 0.949 bits per heavy atom. The topological polar surface area (TPSA) is 94.5 Å². The first-order valence-electron chi connectivity index (χ1n) is 12.7. The quantitative estimate of drug-likeness (QED) is 0.210. The summed E-state index contributed by atoms with van der Waals surface area (Å²) in [5.41, 5.74) is 3.19. The molecule has 0 saturated carbocycles. The molecule has 1 amide bonds. The van der Waals surface area contributed by atoms with Crippen molar-refractivity contribution in [2.75, 3.05) is 34.0 Å². The van der Waals surface area contributed by atoms with E-state index in [2.05, 4.69) is 6.07 Å². The molecule has 1 atom stereocenters. The van der Waals surface area contributed by atoms with E-state index in [1.165, 1.54) is 19.1 Å². The van der Waals surface area contributed by atoms with Crippen molar-refractivity contribution in [1.82, 2.24) is 4.90 Å². The summed E-state index contributed by atoms with van der Waals surface area (Å²) in [4.78, 5) is 27.7. The van der Waals surface area contributed by atoms with Gasteiger partial charge in [0.1, 0.15) is 18.1 Å². The first-order chi connectivity index (χ1) is 18.9. The van der Waals surface area contributed by atoms with Gasteiger partial charge in [0, 0.05) is 19.2 Å². The molecule has 0 spiro atoms. The minimum atomic E-state index is -0.832. The molecule has 0 unspecified atom stereocenters. The molecule has 3 aromatic carbocycles. The SMILES string of the molecule is CCOc1ccc([C@@H]2/C(=C(\O)c3ccc(OCc4cccc(C)c4)cc3)C(=O)C(=O)N2CCOC)cc1OC. The monoisotopic (exact) mass is 531 g/mol. The number of benzene rings is 3. The van der Waals surface area contributed by atoms with Crippen LogP contribution >= 0.6 is 0 Å². The lowest BCUT2D eigenvalue weighted by Crippen LogP contribution is -2.32. The van der Waals surface area contributed by atoms with Crippen molar-refractivity contribution in [2.24, 2.45) is 0 Å². The van der Waals surface area contributed by atoms with Crippen LogP contribution in [0.4, 0.5) is 0 Å². The molecule has 0 bridgehead atoms. The minimum Gasteiger partial charge on any atom is -0.507 e. The second kappa shape index (κ2) is 12.5. The highest BCUT2D eigenvalue weighted by molar-refractivity contribution is 6.46. The zero-order valence-corrected chi connectivity index (χ0v) is 22.6. The molecule has 39 heavy (non-hydrogen) atoms. The Labute approximate surface area is 228 Å². The van der Waals surface area contributed by atoms with E-state index in [-0.39, 0.29) is 24.5 Å². The van der Waals surface area contributed by atoms with Crippen LogP contribution in [0.15, 0.2) is 72.3 Å². The van der Waals surface area contributed by atoms with Crippen LogP contribution in [0.3, 0.4) is 0 Å². The summed E-state index contributed by atoms with van der Waals surface area (Å²) in [6.07, 6.45) is 0. The molecule has 8 heteroatoms. The fourth-order valence-electron chi connectivity index (χ4n) is 4.61. The molecule has 1 saturated heterocycles. The van der Waals surface area contributed by atoms with Crippen LogP contribution in [-0.2, 0) is 20.9 Å². The number of amides is 1. The number of ether oxygens (including phenoxy) is 4. The number of aliphatic hydroxyl groups excluding tert-OH is 1. The van der Waals surface area contributed by atoms with E-state index in [0.717, 1.165) is 11.1 Å². The molecule has 1 N–H and O–H groups in total. The Hall–Kier alpha value is -4.30. The minimum absolute atomic E-state index is 0.00394. The summed E-state index contributed by atoms with van der Waals surface area (Å²) in [7, 11) is 3.04. The molecule has 1 aliphatic rings. The summed E-state index contributed by atoms with van der Waals surface area (Å²) < 4.78 is 22.2. The van der Waals surface area contributed by atoms with Gasteiger partial charge in [-0.05, 0) is 61.4 Å². The first-order valence-corrected chi connectivity index (χ1v) is 12.7. The molecule has 0 aliphatic carbocycles. The van der Waals surface area contributed by atoms with Crippen LogP contribution in [0.1, 0.15) is 35.2 Å². The van der Waals surface area contributed by atoms with Crippen LogP contribution < -0.4 is 14.2 Å². The van der Waals surface area contributed by atoms with Gasteiger partial charge in [0.2, 0.25) is 0 Å². The van der Waals surface area contributed by atoms with Gasteiger partial charge in [-0.1, -0.05) is 35.9 Å². The number of aryl methyl sites for hydroxylation is 1. The Morgan fingerprint density at radius 2 is 1.72 bits per heavy atom. The van der Waals surface area contributed by atoms with Crippen LogP contribution in [0.2, 0.25) is 0 Å². The number of hydrogen-bond donors (Lipinski definition) is 1. The lowest BCUT2D eigenvalue weighted by Gasteiger charge is -2.25. The predicted molar refractivity (Wildman–Crippen MR) is 147 cm³/mol. The number of carbonyl (C=O) groups excluding carboxylic acids is 2. The van der Waals surface area contributed by atoms with Crippen molar-refractivity contribution in [3.05, 3.63) is 94.6 Å². The molecule has 0 aromatic heterocycles. The normalized spacial score (nSPS) is 16.4. The highest BCUT2D eigenvalue weighted by Gasteiger charge is 2.46. The smallest absolute Gasteiger partial charge is 0.295 e. The molecule has 0 radical (unpaired) electrons. The van der Waals surface area contributed by atoms with Crippen molar-refractivity contribution >= 4 is 17.4 Å². The maximum absolute atomic E-state index is 13.2. The van der Waals surface area contributed by atoms with Gasteiger partial charge < -0.3 is 29.0 Å². The highest BCUT2D eigenvalue weighted by atomic mass is 16.5. The van der Waals surface area contributed by atoms with Gasteiger partial charge in [0.25, 0.3) is 11.7 Å². The fraction of sp³-hybridized carbons (Fsp3) is 0.290. The van der Waals surface area contributed by atoms with Gasteiger partial charge in [0.15, 0.2) is 11.5 Å². The number of rotatable bonds is 11. The molecule has 204 valence electrons. The number of methoxy groups -OCH3 is 2. The Bertz CT molecular complexity index is 1360. The zero-order valence-electron chi connectivity index (χ0n) is 22.6. The van der Waals surface area contributed by atoms with E-state index in [1.807, 2.05) is 32.0 Å². The van der Waals surface area contributed by atoms with Crippen molar-refractivity contribution < 1.29 is 33.6 Å². The lowest BCUT2D eigenvalue weighted by atomic mass is 9.95. The Balaban J connectivity index is 1.68. The molecule has 3 aromatic rings. The average Bonchev–Trinajstić information content (AvgIpc) is 3.20. The van der Waals surface area contributed by atoms with Crippen LogP contribution in [0.5, 0.6) is 17.2 Å². The van der Waals surface area contributed by atoms with Crippen molar-refractivity contribution in [2.45, 2.75) is 26.5 Å². The van der Waals surface area contributed by atoms with Crippen molar-refractivity contribution in [3.63, 3.8) is 0 Å². The second-order valence-corrected chi connectivity index (χ2v) is 9.13. The molecular formula is C31H33NO7. The molecule has 1 heterocycles. The summed E-state index contributed by atoms with van der Waals surface area (Å²) in [6, 6.07) is 19.2. The third kappa shape index (κ3) is 6.07. The number of likely N-dealkylation sites (tertiary alicyclic amines) is 1. The van der Waals surface area contributed by atoms with E-state index in [4.69, 9.17) is 18.9 Å². The largest absolute Gasteiger partial charge is 0.507 e. The lowest BCUT2D eigenvalue weighted by molar-refractivity contribution is -0.140. The number of aliphatic hydroxyl groups is 1. The number of ketones is 1. The Kier molecular flexibility index (Phi) is 8.88. The standard InChI is InChI=1S/C31H33NO7/c1-5-38-25-14-11-23(18-26(25)37-4)28-27(30(34)31(35)32(28)15-16-36-3)29(33)22-9-12-24(13-10-22)39-19-21-8-6-7-20(2)17-21/h6-14,17-18,28,33H,5,15-16,19H2,1-4H3/b29-27+/t28-/m1/s1. The summed E-state index contributed by atoms with van der Waals surface area (Å²) in [5, 5.41) is 11.3. The highest BCUT2D eigenvalue weighted by Crippen LogP contribution is 2.42. The van der Waals surface area contributed by atoms with Crippen LogP contribution in [0, 0.1) is 6.92 Å². The molecule has 1 aliphatic heterocycles. The van der Waals surface area contributed by atoms with Crippen LogP contribution in [0.25, 0.3) is 5.76 Å². The van der Waals surface area contributed by atoms with Gasteiger partial charge in [0.05, 0.1) is 31.9 Å².